The van der Waals surface area contributed by atoms with Crippen LogP contribution in [-0.2, 0) is 4.79 Å². The molecule has 6 nitrogen and oxygen atoms in total. The third-order valence-corrected chi connectivity index (χ3v) is 3.62. The number of nitrogens with one attached hydrogen (secondary N) is 2. The molecule has 26 heavy (non-hydrogen) atoms. The molecule has 0 heterocycles. The molecule has 2 aromatic carbocycles. The second-order valence-corrected chi connectivity index (χ2v) is 6.01. The number of ether oxygens (including phenoxy) is 2. The lowest BCUT2D eigenvalue weighted by atomic mass is 10.2. The summed E-state index contributed by atoms with van der Waals surface area (Å²) in [6.45, 7) is 4.17. The first kappa shape index (κ1) is 19.6. The van der Waals surface area contributed by atoms with Gasteiger partial charge in [0.05, 0.1) is 6.61 Å². The summed E-state index contributed by atoms with van der Waals surface area (Å²) in [5.41, 5.74) is 5.86. The fourth-order valence-corrected chi connectivity index (χ4v) is 2.33. The zero-order valence-corrected chi connectivity index (χ0v) is 15.4. The minimum Gasteiger partial charge on any atom is -0.494 e. The zero-order valence-electron chi connectivity index (χ0n) is 14.7. The number of amides is 2. The Kier molecular flexibility index (Phi) is 7.29. The van der Waals surface area contributed by atoms with Gasteiger partial charge in [-0.1, -0.05) is 24.6 Å². The molecule has 0 atom stereocenters. The highest BCUT2D eigenvalue weighted by atomic mass is 35.5. The van der Waals surface area contributed by atoms with Gasteiger partial charge in [0, 0.05) is 10.6 Å². The number of rotatable bonds is 7. The third-order valence-electron chi connectivity index (χ3n) is 3.38. The van der Waals surface area contributed by atoms with E-state index in [-0.39, 0.29) is 6.61 Å². The van der Waals surface area contributed by atoms with E-state index in [0.29, 0.717) is 28.7 Å². The Morgan fingerprint density at radius 3 is 2.62 bits per heavy atom. The lowest BCUT2D eigenvalue weighted by molar-refractivity contribution is -0.123. The number of hydrogen-bond donors (Lipinski definition) is 2. The van der Waals surface area contributed by atoms with E-state index in [9.17, 15) is 9.59 Å². The Balaban J connectivity index is 1.82. The van der Waals surface area contributed by atoms with Crippen LogP contribution < -0.4 is 20.3 Å². The van der Waals surface area contributed by atoms with Crippen LogP contribution in [0, 0.1) is 6.92 Å². The van der Waals surface area contributed by atoms with E-state index >= 15 is 0 Å². The first-order chi connectivity index (χ1) is 12.5. The number of carbonyl (C=O) groups excluding carboxylic acids is 2. The highest BCUT2D eigenvalue weighted by Crippen LogP contribution is 2.21. The van der Waals surface area contributed by atoms with Crippen molar-refractivity contribution in [1.29, 1.82) is 0 Å². The molecule has 2 N–H and O–H groups in total. The van der Waals surface area contributed by atoms with Crippen molar-refractivity contribution in [2.75, 3.05) is 13.2 Å². The Morgan fingerprint density at radius 2 is 1.88 bits per heavy atom. The van der Waals surface area contributed by atoms with Gasteiger partial charge in [-0.2, -0.15) is 0 Å². The fourth-order valence-electron chi connectivity index (χ4n) is 2.10. The maximum Gasteiger partial charge on any atom is 0.276 e. The van der Waals surface area contributed by atoms with Crippen molar-refractivity contribution in [2.45, 2.75) is 20.3 Å². The third kappa shape index (κ3) is 5.97. The van der Waals surface area contributed by atoms with Crippen molar-refractivity contribution in [2.24, 2.45) is 0 Å². The van der Waals surface area contributed by atoms with E-state index < -0.39 is 11.8 Å². The summed E-state index contributed by atoms with van der Waals surface area (Å²) in [6.07, 6.45) is 0.875. The van der Waals surface area contributed by atoms with Gasteiger partial charge >= 0.3 is 0 Å². The molecule has 0 bridgehead atoms. The van der Waals surface area contributed by atoms with E-state index in [0.717, 1.165) is 12.0 Å². The summed E-state index contributed by atoms with van der Waals surface area (Å²) in [4.78, 5) is 23.9. The minimum absolute atomic E-state index is 0.234. The minimum atomic E-state index is -0.480. The van der Waals surface area contributed by atoms with E-state index in [1.165, 1.54) is 0 Å². The number of aryl methyl sites for hydroxylation is 1. The molecule has 138 valence electrons. The second-order valence-electron chi connectivity index (χ2n) is 5.58. The topological polar surface area (TPSA) is 76.7 Å². The molecule has 0 aliphatic carbocycles. The number of carbonyl (C=O) groups is 2. The van der Waals surface area contributed by atoms with Gasteiger partial charge in [0.2, 0.25) is 0 Å². The molecule has 2 amide bonds. The molecule has 2 rings (SSSR count). The van der Waals surface area contributed by atoms with Crippen LogP contribution in [0.25, 0.3) is 0 Å². The van der Waals surface area contributed by atoms with Gasteiger partial charge in [0.1, 0.15) is 11.5 Å². The lowest BCUT2D eigenvalue weighted by Gasteiger charge is -2.11. The van der Waals surface area contributed by atoms with E-state index in [4.69, 9.17) is 21.1 Å². The summed E-state index contributed by atoms with van der Waals surface area (Å²) in [5.74, 6) is 0.234. The summed E-state index contributed by atoms with van der Waals surface area (Å²) >= 11 is 5.87. The van der Waals surface area contributed by atoms with Crippen LogP contribution >= 0.6 is 11.6 Å². The molecule has 0 radical (unpaired) electrons. The fraction of sp³-hybridized carbons (Fsp3) is 0.263. The maximum atomic E-state index is 12.1. The largest absolute Gasteiger partial charge is 0.494 e. The quantitative estimate of drug-likeness (QED) is 0.727. The average molecular weight is 377 g/mol. The van der Waals surface area contributed by atoms with Crippen molar-refractivity contribution >= 4 is 23.4 Å². The van der Waals surface area contributed by atoms with Crippen LogP contribution in [0.3, 0.4) is 0 Å². The van der Waals surface area contributed by atoms with Crippen molar-refractivity contribution in [3.05, 3.63) is 58.6 Å². The molecule has 0 saturated heterocycles. The van der Waals surface area contributed by atoms with Gasteiger partial charge in [-0.3, -0.25) is 20.4 Å². The lowest BCUT2D eigenvalue weighted by Crippen LogP contribution is -2.43. The van der Waals surface area contributed by atoms with Crippen LogP contribution in [0.5, 0.6) is 11.5 Å². The molecule has 0 aromatic heterocycles. The zero-order chi connectivity index (χ0) is 18.9. The predicted molar refractivity (Wildman–Crippen MR) is 99.5 cm³/mol. The summed E-state index contributed by atoms with van der Waals surface area (Å²) in [5, 5.41) is 0.594. The van der Waals surface area contributed by atoms with Crippen molar-refractivity contribution in [1.82, 2.24) is 10.9 Å². The monoisotopic (exact) mass is 376 g/mol. The molecular formula is C19H21ClN2O4. The van der Waals surface area contributed by atoms with E-state index in [2.05, 4.69) is 10.9 Å². The van der Waals surface area contributed by atoms with E-state index in [1.807, 2.05) is 13.8 Å². The van der Waals surface area contributed by atoms with Crippen LogP contribution in [0.4, 0.5) is 0 Å². The Labute approximate surface area is 157 Å². The van der Waals surface area contributed by atoms with Crippen LogP contribution in [0.15, 0.2) is 42.5 Å². The van der Waals surface area contributed by atoms with Crippen LogP contribution in [-0.4, -0.2) is 25.0 Å². The Morgan fingerprint density at radius 1 is 1.08 bits per heavy atom. The normalized spacial score (nSPS) is 10.1. The van der Waals surface area contributed by atoms with Crippen LogP contribution in [0.1, 0.15) is 29.3 Å². The molecule has 7 heteroatoms. The highest BCUT2D eigenvalue weighted by Gasteiger charge is 2.10. The molecule has 0 fully saturated rings. The number of benzene rings is 2. The van der Waals surface area contributed by atoms with Crippen molar-refractivity contribution in [3.63, 3.8) is 0 Å². The number of hydrogen-bond acceptors (Lipinski definition) is 4. The van der Waals surface area contributed by atoms with Crippen molar-refractivity contribution < 1.29 is 19.1 Å². The Hall–Kier alpha value is -2.73. The Bertz CT molecular complexity index is 780. The van der Waals surface area contributed by atoms with Gasteiger partial charge < -0.3 is 9.47 Å². The smallest absolute Gasteiger partial charge is 0.276 e. The molecule has 0 unspecified atom stereocenters. The van der Waals surface area contributed by atoms with Crippen molar-refractivity contribution in [3.8, 4) is 11.5 Å². The van der Waals surface area contributed by atoms with Gasteiger partial charge in [0.25, 0.3) is 11.8 Å². The maximum absolute atomic E-state index is 12.1. The molecular weight excluding hydrogens is 356 g/mol. The second kappa shape index (κ2) is 9.68. The standard InChI is InChI=1S/C19H21ClN2O4/c1-3-9-25-16-6-4-5-14(11-16)19(24)22-21-18(23)12-26-17-8-7-15(20)10-13(17)2/h4-8,10-11H,3,9,12H2,1-2H3,(H,21,23)(H,22,24). The van der Waals surface area contributed by atoms with Crippen LogP contribution in [0.2, 0.25) is 5.02 Å². The average Bonchev–Trinajstić information content (AvgIpc) is 2.64. The molecule has 0 spiro atoms. The van der Waals surface area contributed by atoms with Gasteiger partial charge in [-0.15, -0.1) is 0 Å². The molecule has 0 saturated carbocycles. The highest BCUT2D eigenvalue weighted by molar-refractivity contribution is 6.30. The van der Waals surface area contributed by atoms with Gasteiger partial charge in [0.15, 0.2) is 6.61 Å². The first-order valence-corrected chi connectivity index (χ1v) is 8.58. The van der Waals surface area contributed by atoms with Gasteiger partial charge in [-0.25, -0.2) is 0 Å². The summed E-state index contributed by atoms with van der Waals surface area (Å²) in [6, 6.07) is 11.8. The molecule has 0 aliphatic heterocycles. The molecule has 2 aromatic rings. The van der Waals surface area contributed by atoms with Gasteiger partial charge in [-0.05, 0) is 55.3 Å². The number of halogens is 1. The predicted octanol–water partition coefficient (Wildman–Crippen LogP) is 3.28. The summed E-state index contributed by atoms with van der Waals surface area (Å²) in [7, 11) is 0. The SMILES string of the molecule is CCCOc1cccc(C(=O)NNC(=O)COc2ccc(Cl)cc2C)c1. The first-order valence-electron chi connectivity index (χ1n) is 8.20. The molecule has 0 aliphatic rings. The van der Waals surface area contributed by atoms with E-state index in [1.54, 1.807) is 42.5 Å². The number of hydrazine groups is 1. The summed E-state index contributed by atoms with van der Waals surface area (Å²) < 4.78 is 10.9.